The van der Waals surface area contributed by atoms with Crippen molar-refractivity contribution >= 4 is 23.6 Å². The molecule has 2 saturated heterocycles. The van der Waals surface area contributed by atoms with Gasteiger partial charge in [-0.05, 0) is 59.7 Å². The zero-order chi connectivity index (χ0) is 31.1. The smallest absolute Gasteiger partial charge is 0.410 e. The molecule has 0 aliphatic carbocycles. The molecule has 0 bridgehead atoms. The largest absolute Gasteiger partial charge is 0.488 e. The summed E-state index contributed by atoms with van der Waals surface area (Å²) in [4.78, 5) is 37.5. The Labute approximate surface area is 246 Å². The number of nitrogens with zero attached hydrogens (tertiary/aromatic N) is 3. The number of carbonyl (C=O) groups excluding carboxylic acids is 2. The highest BCUT2D eigenvalue weighted by molar-refractivity contribution is 5.69. The molecule has 2 aromatic carbocycles. The van der Waals surface area contributed by atoms with E-state index in [0.29, 0.717) is 44.0 Å². The molecule has 2 aliphatic rings. The summed E-state index contributed by atoms with van der Waals surface area (Å²) in [5.41, 5.74) is 5.37. The SMILES string of the molecule is CC(C)(C)OC(=O)N1CC[C@H](Oc2cccc(N)c2)C1.CC(C)(C)OC(=O)N1CC[C@H](Oc2cccc([N+](=O)[O-])c2)C1. The molecular weight excluding hydrogens is 544 g/mol. The normalized spacial score (nSPS) is 18.5. The van der Waals surface area contributed by atoms with Crippen LogP contribution >= 0.6 is 0 Å². The van der Waals surface area contributed by atoms with Crippen molar-refractivity contribution in [2.75, 3.05) is 31.9 Å². The van der Waals surface area contributed by atoms with E-state index in [1.165, 1.54) is 12.1 Å². The zero-order valence-corrected chi connectivity index (χ0v) is 25.2. The van der Waals surface area contributed by atoms with Crippen LogP contribution in [0.5, 0.6) is 11.5 Å². The van der Waals surface area contributed by atoms with Crippen LogP contribution in [0.3, 0.4) is 0 Å². The minimum Gasteiger partial charge on any atom is -0.488 e. The molecule has 2 N–H and O–H groups in total. The third kappa shape index (κ3) is 10.6. The van der Waals surface area contributed by atoms with Gasteiger partial charge in [0.1, 0.15) is 34.9 Å². The molecule has 0 radical (unpaired) electrons. The first-order valence-corrected chi connectivity index (χ1v) is 14.0. The van der Waals surface area contributed by atoms with E-state index < -0.39 is 16.1 Å². The van der Waals surface area contributed by atoms with Gasteiger partial charge >= 0.3 is 12.2 Å². The van der Waals surface area contributed by atoms with E-state index in [9.17, 15) is 19.7 Å². The maximum absolute atomic E-state index is 12.0. The van der Waals surface area contributed by atoms with E-state index in [4.69, 9.17) is 24.7 Å². The first-order chi connectivity index (χ1) is 19.6. The highest BCUT2D eigenvalue weighted by atomic mass is 16.6. The van der Waals surface area contributed by atoms with Crippen molar-refractivity contribution in [3.8, 4) is 11.5 Å². The third-order valence-electron chi connectivity index (χ3n) is 6.09. The van der Waals surface area contributed by atoms with Crippen LogP contribution in [-0.2, 0) is 9.47 Å². The number of nitrogens with two attached hydrogens (primary N) is 1. The van der Waals surface area contributed by atoms with Crippen LogP contribution < -0.4 is 15.2 Å². The Bertz CT molecular complexity index is 1240. The molecule has 2 aromatic rings. The van der Waals surface area contributed by atoms with Crippen LogP contribution in [0.15, 0.2) is 48.5 Å². The van der Waals surface area contributed by atoms with Crippen molar-refractivity contribution in [1.29, 1.82) is 0 Å². The fourth-order valence-corrected chi connectivity index (χ4v) is 4.28. The summed E-state index contributed by atoms with van der Waals surface area (Å²) in [5, 5.41) is 10.7. The Kier molecular flexibility index (Phi) is 10.5. The average molecular weight is 587 g/mol. The molecule has 0 aromatic heterocycles. The lowest BCUT2D eigenvalue weighted by atomic mass is 10.2. The van der Waals surface area contributed by atoms with Gasteiger partial charge in [0.05, 0.1) is 24.1 Å². The van der Waals surface area contributed by atoms with Crippen molar-refractivity contribution in [2.24, 2.45) is 0 Å². The van der Waals surface area contributed by atoms with Gasteiger partial charge in [0.25, 0.3) is 5.69 Å². The molecule has 0 unspecified atom stereocenters. The maximum atomic E-state index is 12.0. The van der Waals surface area contributed by atoms with E-state index in [2.05, 4.69) is 0 Å². The molecule has 0 saturated carbocycles. The summed E-state index contributed by atoms with van der Waals surface area (Å²) in [6, 6.07) is 13.4. The second kappa shape index (κ2) is 13.6. The highest BCUT2D eigenvalue weighted by Crippen LogP contribution is 2.24. The van der Waals surface area contributed by atoms with Crippen LogP contribution in [-0.4, -0.2) is 76.5 Å². The number of nitro groups is 1. The number of rotatable bonds is 5. The van der Waals surface area contributed by atoms with Gasteiger partial charge in [-0.15, -0.1) is 0 Å². The van der Waals surface area contributed by atoms with E-state index in [1.807, 2.05) is 59.7 Å². The van der Waals surface area contributed by atoms with E-state index >= 15 is 0 Å². The molecule has 2 amide bonds. The molecule has 2 fully saturated rings. The van der Waals surface area contributed by atoms with Crippen LogP contribution in [0.2, 0.25) is 0 Å². The Morgan fingerprint density at radius 2 is 1.26 bits per heavy atom. The summed E-state index contributed by atoms with van der Waals surface area (Å²) in [6.07, 6.45) is 0.628. The lowest BCUT2D eigenvalue weighted by molar-refractivity contribution is -0.384. The van der Waals surface area contributed by atoms with Crippen molar-refractivity contribution in [3.63, 3.8) is 0 Å². The number of hydrogen-bond donors (Lipinski definition) is 1. The quantitative estimate of drug-likeness (QED) is 0.267. The van der Waals surface area contributed by atoms with Crippen LogP contribution in [0, 0.1) is 10.1 Å². The molecule has 230 valence electrons. The minimum atomic E-state index is -0.532. The molecule has 42 heavy (non-hydrogen) atoms. The molecule has 2 aliphatic heterocycles. The first kappa shape index (κ1) is 32.3. The summed E-state index contributed by atoms with van der Waals surface area (Å²) >= 11 is 0. The predicted octanol–water partition coefficient (Wildman–Crippen LogP) is 5.64. The Balaban J connectivity index is 0.000000231. The molecule has 12 nitrogen and oxygen atoms in total. The first-order valence-electron chi connectivity index (χ1n) is 14.0. The fourth-order valence-electron chi connectivity index (χ4n) is 4.28. The fraction of sp³-hybridized carbons (Fsp3) is 0.533. The monoisotopic (exact) mass is 586 g/mol. The van der Waals surface area contributed by atoms with Gasteiger partial charge in [-0.3, -0.25) is 10.1 Å². The van der Waals surface area contributed by atoms with Gasteiger partial charge in [0.2, 0.25) is 0 Å². The van der Waals surface area contributed by atoms with Crippen LogP contribution in [0.25, 0.3) is 0 Å². The Morgan fingerprint density at radius 3 is 1.69 bits per heavy atom. The number of hydrogen-bond acceptors (Lipinski definition) is 9. The predicted molar refractivity (Wildman–Crippen MR) is 158 cm³/mol. The van der Waals surface area contributed by atoms with Gasteiger partial charge in [0.15, 0.2) is 0 Å². The lowest BCUT2D eigenvalue weighted by Crippen LogP contribution is -2.36. The summed E-state index contributed by atoms with van der Waals surface area (Å²) in [5.74, 6) is 1.17. The maximum Gasteiger partial charge on any atom is 0.410 e. The van der Waals surface area contributed by atoms with Crippen LogP contribution in [0.1, 0.15) is 54.4 Å². The van der Waals surface area contributed by atoms with Gasteiger partial charge in [-0.1, -0.05) is 12.1 Å². The molecule has 12 heteroatoms. The number of benzene rings is 2. The minimum absolute atomic E-state index is 0.00989. The summed E-state index contributed by atoms with van der Waals surface area (Å²) in [6.45, 7) is 13.2. The van der Waals surface area contributed by atoms with Crippen molar-refractivity contribution in [3.05, 3.63) is 58.6 Å². The molecule has 4 rings (SSSR count). The number of ether oxygens (including phenoxy) is 4. The Morgan fingerprint density at radius 1 is 0.810 bits per heavy atom. The summed E-state index contributed by atoms with van der Waals surface area (Å²) < 4.78 is 22.2. The Hall–Kier alpha value is -4.22. The molecule has 2 atom stereocenters. The number of amides is 2. The second-order valence-corrected chi connectivity index (χ2v) is 12.2. The van der Waals surface area contributed by atoms with Gasteiger partial charge in [-0.25, -0.2) is 9.59 Å². The number of likely N-dealkylation sites (tertiary alicyclic amines) is 2. The number of non-ortho nitro benzene ring substituents is 1. The van der Waals surface area contributed by atoms with Gasteiger partial charge in [-0.2, -0.15) is 0 Å². The van der Waals surface area contributed by atoms with E-state index in [0.717, 1.165) is 12.2 Å². The van der Waals surface area contributed by atoms with E-state index in [-0.39, 0.29) is 30.1 Å². The number of nitrogen functional groups attached to an aromatic ring is 1. The third-order valence-corrected chi connectivity index (χ3v) is 6.09. The molecular formula is C30H42N4O8. The summed E-state index contributed by atoms with van der Waals surface area (Å²) in [7, 11) is 0. The number of carbonyl (C=O) groups is 2. The van der Waals surface area contributed by atoms with Crippen molar-refractivity contribution in [2.45, 2.75) is 77.8 Å². The number of anilines is 1. The van der Waals surface area contributed by atoms with Crippen LogP contribution in [0.4, 0.5) is 21.0 Å². The lowest BCUT2D eigenvalue weighted by Gasteiger charge is -2.24. The zero-order valence-electron chi connectivity index (χ0n) is 25.2. The van der Waals surface area contributed by atoms with Crippen molar-refractivity contribution < 1.29 is 33.5 Å². The second-order valence-electron chi connectivity index (χ2n) is 12.2. The van der Waals surface area contributed by atoms with Gasteiger partial charge < -0.3 is 34.5 Å². The average Bonchev–Trinajstić information content (AvgIpc) is 3.53. The van der Waals surface area contributed by atoms with Crippen molar-refractivity contribution in [1.82, 2.24) is 9.80 Å². The standard InChI is InChI=1S/C15H20N2O5.C15H22N2O3/c1-15(2,3)22-14(18)16-8-7-13(10-16)21-12-6-4-5-11(9-12)17(19)20;1-15(2,3)20-14(18)17-8-7-13(10-17)19-12-6-4-5-11(16)9-12/h4-6,9,13H,7-8,10H2,1-3H3;4-6,9,13H,7-8,10,16H2,1-3H3/t2*13-/m00/s1. The highest BCUT2D eigenvalue weighted by Gasteiger charge is 2.32. The number of nitro benzene ring substituents is 1. The van der Waals surface area contributed by atoms with E-state index in [1.54, 1.807) is 28.0 Å². The molecule has 0 spiro atoms. The van der Waals surface area contributed by atoms with Gasteiger partial charge in [0, 0.05) is 43.8 Å². The topological polar surface area (TPSA) is 147 Å². The molecule has 2 heterocycles.